The van der Waals surface area contributed by atoms with Crippen LogP contribution in [0.25, 0.3) is 11.1 Å². The molecule has 0 aliphatic carbocycles. The van der Waals surface area contributed by atoms with Crippen molar-refractivity contribution in [3.05, 3.63) is 54.4 Å². The Morgan fingerprint density at radius 1 is 1.22 bits per heavy atom. The molecule has 1 aliphatic heterocycles. The highest BCUT2D eigenvalue weighted by atomic mass is 16.3. The van der Waals surface area contributed by atoms with Crippen molar-refractivity contribution in [2.24, 2.45) is 7.05 Å². The van der Waals surface area contributed by atoms with Gasteiger partial charge in [0.05, 0.1) is 17.4 Å². The third kappa shape index (κ3) is 3.22. The third-order valence-corrected chi connectivity index (χ3v) is 5.11. The van der Waals surface area contributed by atoms with E-state index < -0.39 is 0 Å². The number of aryl methyl sites for hydroxylation is 1. The number of aromatic hydroxyl groups is 1. The van der Waals surface area contributed by atoms with Crippen LogP contribution < -0.4 is 4.90 Å². The summed E-state index contributed by atoms with van der Waals surface area (Å²) in [4.78, 5) is 6.34. The molecule has 0 amide bonds. The highest BCUT2D eigenvalue weighted by molar-refractivity contribution is 5.83. The summed E-state index contributed by atoms with van der Waals surface area (Å²) < 4.78 is 1.98. The normalized spacial score (nSPS) is 14.9. The molecule has 1 fully saturated rings. The summed E-state index contributed by atoms with van der Waals surface area (Å²) >= 11 is 0. The van der Waals surface area contributed by atoms with Crippen molar-refractivity contribution in [3.8, 4) is 22.9 Å². The number of rotatable bonds is 3. The lowest BCUT2D eigenvalue weighted by Gasteiger charge is -2.35. The Kier molecular flexibility index (Phi) is 4.47. The Balaban J connectivity index is 1.66. The van der Waals surface area contributed by atoms with Crippen LogP contribution in [0.1, 0.15) is 30.1 Å². The van der Waals surface area contributed by atoms with Crippen molar-refractivity contribution in [3.63, 3.8) is 0 Å². The maximum Gasteiger partial charge on any atom is 0.135 e. The molecule has 2 aromatic heterocycles. The zero-order chi connectivity index (χ0) is 18.8. The fourth-order valence-corrected chi connectivity index (χ4v) is 3.81. The van der Waals surface area contributed by atoms with Gasteiger partial charge in [0.15, 0.2) is 0 Å². The van der Waals surface area contributed by atoms with E-state index in [2.05, 4.69) is 26.2 Å². The summed E-state index contributed by atoms with van der Waals surface area (Å²) in [5.74, 6) is 1.50. The summed E-state index contributed by atoms with van der Waals surface area (Å²) in [7, 11) is 1.97. The number of pyridine rings is 1. The molecular formula is C20H20N6O. The van der Waals surface area contributed by atoms with Gasteiger partial charge in [0.2, 0.25) is 0 Å². The Labute approximate surface area is 157 Å². The Morgan fingerprint density at radius 3 is 2.70 bits per heavy atom. The molecule has 1 aliphatic rings. The monoisotopic (exact) mass is 360 g/mol. The van der Waals surface area contributed by atoms with Gasteiger partial charge in [-0.1, -0.05) is 12.1 Å². The second-order valence-electron chi connectivity index (χ2n) is 6.81. The van der Waals surface area contributed by atoms with Crippen molar-refractivity contribution in [2.75, 3.05) is 18.0 Å². The summed E-state index contributed by atoms with van der Waals surface area (Å²) in [5, 5.41) is 27.7. The van der Waals surface area contributed by atoms with Crippen LogP contribution in [-0.4, -0.2) is 37.9 Å². The lowest BCUT2D eigenvalue weighted by molar-refractivity contribution is 0.472. The lowest BCUT2D eigenvalue weighted by Crippen LogP contribution is -2.34. The van der Waals surface area contributed by atoms with Crippen molar-refractivity contribution in [2.45, 2.75) is 18.8 Å². The van der Waals surface area contributed by atoms with E-state index in [0.717, 1.165) is 48.6 Å². The molecule has 0 spiro atoms. The molecule has 0 saturated carbocycles. The number of piperidine rings is 1. The summed E-state index contributed by atoms with van der Waals surface area (Å²) in [6.45, 7) is 1.66. The fraction of sp³-hybridized carbons (Fsp3) is 0.300. The van der Waals surface area contributed by atoms with Gasteiger partial charge in [-0.25, -0.2) is 0 Å². The fourth-order valence-electron chi connectivity index (χ4n) is 3.81. The van der Waals surface area contributed by atoms with Crippen LogP contribution in [0.2, 0.25) is 0 Å². The predicted octanol–water partition coefficient (Wildman–Crippen LogP) is 2.84. The van der Waals surface area contributed by atoms with E-state index in [1.807, 2.05) is 29.8 Å². The Hall–Kier alpha value is -3.40. The van der Waals surface area contributed by atoms with Gasteiger partial charge < -0.3 is 14.6 Å². The summed E-state index contributed by atoms with van der Waals surface area (Å²) in [6.07, 6.45) is 6.75. The van der Waals surface area contributed by atoms with Crippen molar-refractivity contribution < 1.29 is 5.11 Å². The maximum atomic E-state index is 9.81. The van der Waals surface area contributed by atoms with Gasteiger partial charge >= 0.3 is 0 Å². The minimum atomic E-state index is 0.113. The number of nitriles is 1. The van der Waals surface area contributed by atoms with Crippen LogP contribution in [0.3, 0.4) is 0 Å². The van der Waals surface area contributed by atoms with Gasteiger partial charge in [-0.2, -0.15) is 5.26 Å². The molecule has 1 saturated heterocycles. The molecule has 4 rings (SSSR count). The molecule has 136 valence electrons. The average molecular weight is 360 g/mol. The Morgan fingerprint density at radius 2 is 2.04 bits per heavy atom. The minimum absolute atomic E-state index is 0.113. The van der Waals surface area contributed by atoms with E-state index >= 15 is 0 Å². The second-order valence-corrected chi connectivity index (χ2v) is 6.81. The van der Waals surface area contributed by atoms with Gasteiger partial charge in [0.1, 0.15) is 24.0 Å². The highest BCUT2D eigenvalue weighted by Gasteiger charge is 2.26. The number of benzene rings is 1. The van der Waals surface area contributed by atoms with Gasteiger partial charge in [-0.05, 0) is 25.0 Å². The van der Waals surface area contributed by atoms with Crippen LogP contribution in [0.4, 0.5) is 5.69 Å². The third-order valence-electron chi connectivity index (χ3n) is 5.11. The number of hydrogen-bond acceptors (Lipinski definition) is 6. The first-order chi connectivity index (χ1) is 13.2. The van der Waals surface area contributed by atoms with Crippen LogP contribution in [0.15, 0.2) is 43.0 Å². The summed E-state index contributed by atoms with van der Waals surface area (Å²) in [6, 6.07) is 9.67. The maximum absolute atomic E-state index is 9.81. The lowest BCUT2D eigenvalue weighted by atomic mass is 9.93. The minimum Gasteiger partial charge on any atom is -0.506 e. The number of anilines is 1. The molecule has 0 atom stereocenters. The van der Waals surface area contributed by atoms with E-state index in [4.69, 9.17) is 0 Å². The highest BCUT2D eigenvalue weighted by Crippen LogP contribution is 2.38. The smallest absolute Gasteiger partial charge is 0.135 e. The quantitative estimate of drug-likeness (QED) is 0.772. The van der Waals surface area contributed by atoms with Gasteiger partial charge in [0, 0.05) is 43.4 Å². The van der Waals surface area contributed by atoms with E-state index in [1.165, 1.54) is 6.20 Å². The molecule has 1 aromatic carbocycles. The van der Waals surface area contributed by atoms with Crippen LogP contribution >= 0.6 is 0 Å². The van der Waals surface area contributed by atoms with Gasteiger partial charge in [-0.15, -0.1) is 10.2 Å². The number of para-hydroxylation sites is 1. The van der Waals surface area contributed by atoms with Gasteiger partial charge in [0.25, 0.3) is 0 Å². The number of hydrogen-bond donors (Lipinski definition) is 1. The molecular weight excluding hydrogens is 340 g/mol. The van der Waals surface area contributed by atoms with Crippen molar-refractivity contribution >= 4 is 5.69 Å². The molecule has 7 nitrogen and oxygen atoms in total. The average Bonchev–Trinajstić information content (AvgIpc) is 3.13. The van der Waals surface area contributed by atoms with Gasteiger partial charge in [-0.3, -0.25) is 4.98 Å². The van der Waals surface area contributed by atoms with E-state index in [-0.39, 0.29) is 5.75 Å². The van der Waals surface area contributed by atoms with E-state index in [0.29, 0.717) is 11.5 Å². The zero-order valence-corrected chi connectivity index (χ0v) is 15.1. The van der Waals surface area contributed by atoms with Crippen LogP contribution in [-0.2, 0) is 7.05 Å². The molecule has 3 heterocycles. The molecule has 1 N–H and O–H groups in total. The first kappa shape index (κ1) is 17.0. The standard InChI is InChI=1S/C20H20N6O/c1-25-13-23-24-20(25)14-5-7-26(8-6-14)19-15(10-21)3-2-4-18(19)16-9-17(27)12-22-11-16/h2-4,9,11-14,27H,5-8H2,1H3. The topological polar surface area (TPSA) is 90.9 Å². The molecule has 0 unspecified atom stereocenters. The van der Waals surface area contributed by atoms with E-state index in [9.17, 15) is 10.4 Å². The number of nitrogens with zero attached hydrogens (tertiary/aromatic N) is 6. The molecule has 7 heteroatoms. The van der Waals surface area contributed by atoms with Crippen molar-refractivity contribution in [1.82, 2.24) is 19.7 Å². The van der Waals surface area contributed by atoms with E-state index in [1.54, 1.807) is 18.6 Å². The van der Waals surface area contributed by atoms with Crippen LogP contribution in [0.5, 0.6) is 5.75 Å². The molecule has 27 heavy (non-hydrogen) atoms. The Bertz CT molecular complexity index is 998. The SMILES string of the molecule is Cn1cnnc1C1CCN(c2c(C#N)cccc2-c2cncc(O)c2)CC1. The first-order valence-corrected chi connectivity index (χ1v) is 8.93. The van der Waals surface area contributed by atoms with Crippen molar-refractivity contribution in [1.29, 1.82) is 5.26 Å². The first-order valence-electron chi connectivity index (χ1n) is 8.93. The predicted molar refractivity (Wildman–Crippen MR) is 101 cm³/mol. The molecule has 0 bridgehead atoms. The summed E-state index contributed by atoms with van der Waals surface area (Å²) in [5.41, 5.74) is 3.25. The molecule has 0 radical (unpaired) electrons. The largest absolute Gasteiger partial charge is 0.506 e. The molecule has 3 aromatic rings. The second kappa shape index (κ2) is 7.08. The van der Waals surface area contributed by atoms with Crippen LogP contribution in [0, 0.1) is 11.3 Å². The number of aromatic nitrogens is 4. The zero-order valence-electron chi connectivity index (χ0n) is 15.1.